The topological polar surface area (TPSA) is 17.8 Å². The van der Waals surface area contributed by atoms with Gasteiger partial charge in [-0.3, -0.25) is 0 Å². The maximum Gasteiger partial charge on any atom is 0.151 e. The van der Waals surface area contributed by atoms with E-state index in [0.717, 1.165) is 23.8 Å². The Kier molecular flexibility index (Phi) is 2.58. The predicted molar refractivity (Wildman–Crippen MR) is 66.5 cm³/mol. The monoisotopic (exact) mass is 252 g/mol. The number of nitrogens with zero attached hydrogens (tertiary/aromatic N) is 2. The van der Waals surface area contributed by atoms with Crippen LogP contribution < -0.4 is 0 Å². The molecule has 90 valence electrons. The summed E-state index contributed by atoms with van der Waals surface area (Å²) in [5.41, 5.74) is 1.30. The smallest absolute Gasteiger partial charge is 0.151 e. The number of benzene rings is 1. The molecule has 0 aliphatic heterocycles. The molecule has 1 aliphatic rings. The fourth-order valence-corrected chi connectivity index (χ4v) is 2.56. The van der Waals surface area contributed by atoms with Gasteiger partial charge in [0.1, 0.15) is 11.3 Å². The second-order valence-electron chi connectivity index (χ2n) is 4.85. The largest absolute Gasteiger partial charge is 0.327 e. The van der Waals surface area contributed by atoms with Crippen molar-refractivity contribution in [1.29, 1.82) is 0 Å². The molecular formula is C13H14ClFN2. The van der Waals surface area contributed by atoms with E-state index in [9.17, 15) is 4.39 Å². The lowest BCUT2D eigenvalue weighted by Gasteiger charge is -2.06. The number of fused-ring (bicyclic) bond motifs is 1. The number of alkyl halides is 1. The standard InChI is InChI=1S/C13H14ClFN2/c1-8-5-9(8)7-17-11-4-2-3-10(15)13(11)16-12(17)6-14/h2-4,8-9H,5-7H2,1H3. The minimum Gasteiger partial charge on any atom is -0.327 e. The Bertz CT molecular complexity index is 564. The third kappa shape index (κ3) is 1.82. The van der Waals surface area contributed by atoms with Crippen molar-refractivity contribution in [3.05, 3.63) is 29.8 Å². The Hall–Kier alpha value is -1.09. The van der Waals surface area contributed by atoms with Crippen molar-refractivity contribution in [2.45, 2.75) is 25.8 Å². The van der Waals surface area contributed by atoms with E-state index < -0.39 is 0 Å². The normalized spacial score (nSPS) is 23.2. The summed E-state index contributed by atoms with van der Waals surface area (Å²) in [5, 5.41) is 0. The Morgan fingerprint density at radius 3 is 2.94 bits per heavy atom. The molecule has 1 aromatic carbocycles. The van der Waals surface area contributed by atoms with Crippen LogP contribution in [0.3, 0.4) is 0 Å². The minimum absolute atomic E-state index is 0.267. The van der Waals surface area contributed by atoms with Crippen LogP contribution in [-0.4, -0.2) is 9.55 Å². The van der Waals surface area contributed by atoms with Crippen LogP contribution in [0, 0.1) is 17.7 Å². The summed E-state index contributed by atoms with van der Waals surface area (Å²) in [7, 11) is 0. The number of hydrogen-bond acceptors (Lipinski definition) is 1. The highest BCUT2D eigenvalue weighted by Gasteiger charge is 2.33. The van der Waals surface area contributed by atoms with Crippen molar-refractivity contribution in [2.24, 2.45) is 11.8 Å². The molecule has 0 saturated heterocycles. The van der Waals surface area contributed by atoms with Crippen molar-refractivity contribution >= 4 is 22.6 Å². The zero-order valence-corrected chi connectivity index (χ0v) is 10.4. The van der Waals surface area contributed by atoms with Crippen LogP contribution in [0.5, 0.6) is 0 Å². The Morgan fingerprint density at radius 2 is 2.29 bits per heavy atom. The van der Waals surface area contributed by atoms with Crippen LogP contribution in [0.25, 0.3) is 11.0 Å². The highest BCUT2D eigenvalue weighted by atomic mass is 35.5. The number of aromatic nitrogens is 2. The highest BCUT2D eigenvalue weighted by molar-refractivity contribution is 6.16. The van der Waals surface area contributed by atoms with Crippen LogP contribution in [0.15, 0.2) is 18.2 Å². The fourth-order valence-electron chi connectivity index (χ4n) is 2.35. The molecule has 0 bridgehead atoms. The third-order valence-electron chi connectivity index (χ3n) is 3.62. The summed E-state index contributed by atoms with van der Waals surface area (Å²) < 4.78 is 15.7. The molecule has 4 heteroatoms. The van der Waals surface area contributed by atoms with Gasteiger partial charge < -0.3 is 4.57 Å². The summed E-state index contributed by atoms with van der Waals surface area (Å²) >= 11 is 5.89. The molecular weight excluding hydrogens is 239 g/mol. The van der Waals surface area contributed by atoms with Gasteiger partial charge in [0.05, 0.1) is 11.4 Å². The lowest BCUT2D eigenvalue weighted by Crippen LogP contribution is -2.04. The van der Waals surface area contributed by atoms with Gasteiger partial charge in [0.25, 0.3) is 0 Å². The van der Waals surface area contributed by atoms with Gasteiger partial charge in [-0.25, -0.2) is 9.37 Å². The summed E-state index contributed by atoms with van der Waals surface area (Å²) in [6.07, 6.45) is 1.25. The molecule has 1 aromatic heterocycles. The first kappa shape index (κ1) is 11.0. The average Bonchev–Trinajstić information content (AvgIpc) is 2.88. The van der Waals surface area contributed by atoms with Gasteiger partial charge in [-0.2, -0.15) is 0 Å². The second-order valence-corrected chi connectivity index (χ2v) is 5.12. The predicted octanol–water partition coefficient (Wildman–Crippen LogP) is 3.57. The van der Waals surface area contributed by atoms with Crippen molar-refractivity contribution in [2.75, 3.05) is 0 Å². The molecule has 2 atom stereocenters. The molecule has 1 fully saturated rings. The molecule has 2 unspecified atom stereocenters. The molecule has 0 spiro atoms. The Morgan fingerprint density at radius 1 is 1.53 bits per heavy atom. The van der Waals surface area contributed by atoms with E-state index in [0.29, 0.717) is 17.3 Å². The average molecular weight is 253 g/mol. The van der Waals surface area contributed by atoms with Crippen molar-refractivity contribution in [1.82, 2.24) is 9.55 Å². The van der Waals surface area contributed by atoms with E-state index >= 15 is 0 Å². The number of imidazole rings is 1. The first-order chi connectivity index (χ1) is 8.20. The van der Waals surface area contributed by atoms with Crippen molar-refractivity contribution in [3.63, 3.8) is 0 Å². The molecule has 0 radical (unpaired) electrons. The van der Waals surface area contributed by atoms with Gasteiger partial charge >= 0.3 is 0 Å². The molecule has 1 saturated carbocycles. The number of rotatable bonds is 3. The van der Waals surface area contributed by atoms with Crippen LogP contribution in [0.2, 0.25) is 0 Å². The van der Waals surface area contributed by atoms with Gasteiger partial charge in [0, 0.05) is 6.54 Å². The molecule has 1 aliphatic carbocycles. The van der Waals surface area contributed by atoms with Crippen molar-refractivity contribution in [3.8, 4) is 0 Å². The van der Waals surface area contributed by atoms with Crippen LogP contribution in [0.4, 0.5) is 4.39 Å². The summed E-state index contributed by atoms with van der Waals surface area (Å²) in [5.74, 6) is 2.29. The Labute approximate surface area is 104 Å². The van der Waals surface area contributed by atoms with Gasteiger partial charge in [0.2, 0.25) is 0 Å². The second kappa shape index (κ2) is 3.98. The Balaban J connectivity index is 2.10. The first-order valence-electron chi connectivity index (χ1n) is 5.90. The van der Waals surface area contributed by atoms with Crippen molar-refractivity contribution < 1.29 is 4.39 Å². The maximum absolute atomic E-state index is 13.6. The van der Waals surface area contributed by atoms with Crippen LogP contribution in [-0.2, 0) is 12.4 Å². The number of hydrogen-bond donors (Lipinski definition) is 0. The van der Waals surface area contributed by atoms with E-state index in [1.165, 1.54) is 12.5 Å². The van der Waals surface area contributed by atoms with Crippen LogP contribution in [0.1, 0.15) is 19.2 Å². The van der Waals surface area contributed by atoms with E-state index in [-0.39, 0.29) is 5.82 Å². The van der Waals surface area contributed by atoms with Gasteiger partial charge in [-0.1, -0.05) is 13.0 Å². The van der Waals surface area contributed by atoms with Crippen LogP contribution >= 0.6 is 11.6 Å². The summed E-state index contributed by atoms with van der Waals surface area (Å²) in [6.45, 7) is 3.15. The molecule has 17 heavy (non-hydrogen) atoms. The zero-order chi connectivity index (χ0) is 12.0. The van der Waals surface area contributed by atoms with Gasteiger partial charge in [0.15, 0.2) is 5.82 Å². The first-order valence-corrected chi connectivity index (χ1v) is 6.43. The third-order valence-corrected chi connectivity index (χ3v) is 3.86. The van der Waals surface area contributed by atoms with E-state index in [4.69, 9.17) is 11.6 Å². The minimum atomic E-state index is -0.267. The number of para-hydroxylation sites is 1. The molecule has 0 amide bonds. The zero-order valence-electron chi connectivity index (χ0n) is 9.66. The highest BCUT2D eigenvalue weighted by Crippen LogP contribution is 2.40. The molecule has 3 rings (SSSR count). The molecule has 1 heterocycles. The molecule has 2 nitrogen and oxygen atoms in total. The van der Waals surface area contributed by atoms with Gasteiger partial charge in [-0.15, -0.1) is 11.6 Å². The molecule has 2 aromatic rings. The molecule has 0 N–H and O–H groups in total. The van der Waals surface area contributed by atoms with E-state index in [2.05, 4.69) is 16.5 Å². The lowest BCUT2D eigenvalue weighted by molar-refractivity contribution is 0.591. The fraction of sp³-hybridized carbons (Fsp3) is 0.462. The number of halogens is 2. The SMILES string of the molecule is CC1CC1Cn1c(CCl)nc2c(F)cccc21. The lowest BCUT2D eigenvalue weighted by atomic mass is 10.3. The maximum atomic E-state index is 13.6. The van der Waals surface area contributed by atoms with E-state index in [1.807, 2.05) is 6.07 Å². The van der Waals surface area contributed by atoms with Gasteiger partial charge in [-0.05, 0) is 30.4 Å². The van der Waals surface area contributed by atoms with E-state index in [1.54, 1.807) is 6.07 Å². The summed E-state index contributed by atoms with van der Waals surface area (Å²) in [6, 6.07) is 5.08. The quantitative estimate of drug-likeness (QED) is 0.764. The summed E-state index contributed by atoms with van der Waals surface area (Å²) in [4.78, 5) is 4.29.